The van der Waals surface area contributed by atoms with Crippen molar-refractivity contribution >= 4 is 21.7 Å². The number of hydrogen-bond donors (Lipinski definition) is 0. The molecule has 0 radical (unpaired) electrons. The third-order valence-corrected chi connectivity index (χ3v) is 3.03. The monoisotopic (exact) mass is 309 g/mol. The van der Waals surface area contributed by atoms with Gasteiger partial charge in [-0.25, -0.2) is 4.39 Å². The second kappa shape index (κ2) is 5.27. The van der Waals surface area contributed by atoms with E-state index in [1.807, 2.05) is 0 Å². The van der Waals surface area contributed by atoms with Gasteiger partial charge in [-0.15, -0.1) is 0 Å². The number of nitrogens with zero attached hydrogens (tertiary/aromatic N) is 1. The van der Waals surface area contributed by atoms with Crippen LogP contribution in [0.1, 0.15) is 16.1 Å². The number of aromatic nitrogens is 1. The number of rotatable bonds is 3. The molecule has 0 atom stereocenters. The minimum Gasteiger partial charge on any atom is -0.494 e. The quantitative estimate of drug-likeness (QED) is 0.817. The summed E-state index contributed by atoms with van der Waals surface area (Å²) in [6.07, 6.45) is 1.51. The molecule has 5 heteroatoms. The highest BCUT2D eigenvalue weighted by molar-refractivity contribution is 9.10. The lowest BCUT2D eigenvalue weighted by molar-refractivity contribution is 0.103. The molecule has 2 rings (SSSR count). The Balaban J connectivity index is 2.41. The summed E-state index contributed by atoms with van der Waals surface area (Å²) in [6, 6.07) is 7.47. The molecule has 92 valence electrons. The molecule has 0 aliphatic heterocycles. The van der Waals surface area contributed by atoms with Crippen LogP contribution in [0, 0.1) is 5.82 Å². The Kier molecular flexibility index (Phi) is 3.72. The molecule has 0 unspecified atom stereocenters. The maximum absolute atomic E-state index is 13.5. The van der Waals surface area contributed by atoms with Crippen LogP contribution in [0.3, 0.4) is 0 Å². The van der Waals surface area contributed by atoms with Crippen LogP contribution in [0.2, 0.25) is 0 Å². The fourth-order valence-electron chi connectivity index (χ4n) is 1.50. The minimum atomic E-state index is -0.574. The molecule has 0 aliphatic carbocycles. The third-order valence-electron chi connectivity index (χ3n) is 2.39. The number of pyridine rings is 1. The zero-order chi connectivity index (χ0) is 13.1. The van der Waals surface area contributed by atoms with Crippen molar-refractivity contribution < 1.29 is 13.9 Å². The fourth-order valence-corrected chi connectivity index (χ4v) is 1.93. The molecule has 0 saturated heterocycles. The van der Waals surface area contributed by atoms with E-state index < -0.39 is 5.82 Å². The molecular weight excluding hydrogens is 301 g/mol. The van der Waals surface area contributed by atoms with Gasteiger partial charge in [0.2, 0.25) is 5.78 Å². The van der Waals surface area contributed by atoms with E-state index in [-0.39, 0.29) is 22.8 Å². The first-order valence-corrected chi connectivity index (χ1v) is 5.91. The SMILES string of the molecule is COc1ccc(C(=O)c2ncccc2Br)cc1F. The zero-order valence-electron chi connectivity index (χ0n) is 9.48. The molecule has 2 aromatic rings. The molecule has 0 spiro atoms. The highest BCUT2D eigenvalue weighted by atomic mass is 79.9. The van der Waals surface area contributed by atoms with E-state index in [0.717, 1.165) is 6.07 Å². The molecule has 0 amide bonds. The summed E-state index contributed by atoms with van der Waals surface area (Å²) in [5.41, 5.74) is 0.481. The van der Waals surface area contributed by atoms with Crippen molar-refractivity contribution in [2.75, 3.05) is 7.11 Å². The van der Waals surface area contributed by atoms with Crippen LogP contribution in [0.15, 0.2) is 41.0 Å². The van der Waals surface area contributed by atoms with Crippen LogP contribution in [-0.2, 0) is 0 Å². The lowest BCUT2D eigenvalue weighted by atomic mass is 10.1. The summed E-state index contributed by atoms with van der Waals surface area (Å²) in [5, 5.41) is 0. The Morgan fingerprint density at radius 2 is 2.17 bits per heavy atom. The van der Waals surface area contributed by atoms with Crippen LogP contribution >= 0.6 is 15.9 Å². The Bertz CT molecular complexity index is 601. The minimum absolute atomic E-state index is 0.103. The molecular formula is C13H9BrFNO2. The molecule has 3 nitrogen and oxygen atoms in total. The van der Waals surface area contributed by atoms with Crippen molar-refractivity contribution in [1.82, 2.24) is 4.98 Å². The maximum atomic E-state index is 13.5. The van der Waals surface area contributed by atoms with E-state index in [9.17, 15) is 9.18 Å². The van der Waals surface area contributed by atoms with Gasteiger partial charge < -0.3 is 4.74 Å². The summed E-state index contributed by atoms with van der Waals surface area (Å²) < 4.78 is 18.9. The van der Waals surface area contributed by atoms with Crippen molar-refractivity contribution in [2.24, 2.45) is 0 Å². The van der Waals surface area contributed by atoms with Crippen molar-refractivity contribution in [2.45, 2.75) is 0 Å². The molecule has 0 bridgehead atoms. The summed E-state index contributed by atoms with van der Waals surface area (Å²) in [7, 11) is 1.37. The van der Waals surface area contributed by atoms with Gasteiger partial charge in [-0.3, -0.25) is 9.78 Å². The Hall–Kier alpha value is -1.75. The number of halogens is 2. The zero-order valence-corrected chi connectivity index (χ0v) is 11.1. The van der Waals surface area contributed by atoms with Crippen molar-refractivity contribution in [1.29, 1.82) is 0 Å². The second-order valence-electron chi connectivity index (χ2n) is 3.51. The number of ether oxygens (including phenoxy) is 1. The van der Waals surface area contributed by atoms with Crippen LogP contribution < -0.4 is 4.74 Å². The van der Waals surface area contributed by atoms with Gasteiger partial charge in [-0.2, -0.15) is 0 Å². The first-order chi connectivity index (χ1) is 8.63. The van der Waals surface area contributed by atoms with Gasteiger partial charge in [-0.1, -0.05) is 0 Å². The number of carbonyl (C=O) groups excluding carboxylic acids is 1. The maximum Gasteiger partial charge on any atom is 0.212 e. The van der Waals surface area contributed by atoms with Gasteiger partial charge in [0.05, 0.1) is 7.11 Å². The van der Waals surface area contributed by atoms with Gasteiger partial charge in [0.25, 0.3) is 0 Å². The predicted molar refractivity (Wildman–Crippen MR) is 68.3 cm³/mol. The van der Waals surface area contributed by atoms with Gasteiger partial charge in [0.15, 0.2) is 11.6 Å². The Morgan fingerprint density at radius 3 is 2.78 bits per heavy atom. The van der Waals surface area contributed by atoms with Crippen LogP contribution in [0.25, 0.3) is 0 Å². The van der Waals surface area contributed by atoms with E-state index in [2.05, 4.69) is 20.9 Å². The Labute approximate surface area is 112 Å². The molecule has 1 heterocycles. The standard InChI is InChI=1S/C13H9BrFNO2/c1-18-11-5-4-8(7-10(11)15)13(17)12-9(14)3-2-6-16-12/h2-7H,1H3. The second-order valence-corrected chi connectivity index (χ2v) is 4.37. The van der Waals surface area contributed by atoms with Crippen molar-refractivity contribution in [3.8, 4) is 5.75 Å². The molecule has 0 fully saturated rings. The molecule has 1 aromatic carbocycles. The largest absolute Gasteiger partial charge is 0.494 e. The fraction of sp³-hybridized carbons (Fsp3) is 0.0769. The average molecular weight is 310 g/mol. The van der Waals surface area contributed by atoms with E-state index in [1.54, 1.807) is 12.1 Å². The van der Waals surface area contributed by atoms with Crippen LogP contribution in [-0.4, -0.2) is 17.9 Å². The molecule has 0 aliphatic rings. The number of hydrogen-bond acceptors (Lipinski definition) is 3. The van der Waals surface area contributed by atoms with Crippen molar-refractivity contribution in [3.63, 3.8) is 0 Å². The summed E-state index contributed by atoms with van der Waals surface area (Å²) >= 11 is 3.24. The van der Waals surface area contributed by atoms with Gasteiger partial charge in [0.1, 0.15) is 5.69 Å². The number of carbonyl (C=O) groups is 1. The van der Waals surface area contributed by atoms with E-state index in [4.69, 9.17) is 4.74 Å². The third kappa shape index (κ3) is 2.41. The van der Waals surface area contributed by atoms with Gasteiger partial charge in [0, 0.05) is 16.2 Å². The normalized spacial score (nSPS) is 10.2. The summed E-state index contributed by atoms with van der Waals surface area (Å²) in [5.74, 6) is -0.814. The smallest absolute Gasteiger partial charge is 0.212 e. The molecule has 0 N–H and O–H groups in total. The molecule has 18 heavy (non-hydrogen) atoms. The van der Waals surface area contributed by atoms with Gasteiger partial charge in [-0.05, 0) is 46.3 Å². The van der Waals surface area contributed by atoms with E-state index in [1.165, 1.54) is 25.4 Å². The molecule has 1 aromatic heterocycles. The first-order valence-electron chi connectivity index (χ1n) is 5.12. The number of benzene rings is 1. The number of ketones is 1. The van der Waals surface area contributed by atoms with E-state index in [0.29, 0.717) is 4.47 Å². The van der Waals surface area contributed by atoms with Crippen molar-refractivity contribution in [3.05, 3.63) is 58.1 Å². The average Bonchev–Trinajstić information content (AvgIpc) is 2.38. The highest BCUT2D eigenvalue weighted by Gasteiger charge is 2.15. The topological polar surface area (TPSA) is 39.2 Å². The predicted octanol–water partition coefficient (Wildman–Crippen LogP) is 3.22. The highest BCUT2D eigenvalue weighted by Crippen LogP contribution is 2.21. The molecule has 0 saturated carbocycles. The van der Waals surface area contributed by atoms with Crippen LogP contribution in [0.4, 0.5) is 4.39 Å². The lowest BCUT2D eigenvalue weighted by Crippen LogP contribution is -2.05. The first kappa shape index (κ1) is 12.7. The van der Waals surface area contributed by atoms with Gasteiger partial charge >= 0.3 is 0 Å². The lowest BCUT2D eigenvalue weighted by Gasteiger charge is -2.05. The summed E-state index contributed by atoms with van der Waals surface area (Å²) in [6.45, 7) is 0. The van der Waals surface area contributed by atoms with Crippen LogP contribution in [0.5, 0.6) is 5.75 Å². The van der Waals surface area contributed by atoms with E-state index >= 15 is 0 Å². The summed E-state index contributed by atoms with van der Waals surface area (Å²) in [4.78, 5) is 16.1. The number of methoxy groups -OCH3 is 1. The Morgan fingerprint density at radius 1 is 1.39 bits per heavy atom.